The Morgan fingerprint density at radius 3 is 2.65 bits per heavy atom. The molecule has 94 valence electrons. The number of carbonyl (C=O) groups excluding carboxylic acids is 1. The summed E-state index contributed by atoms with van der Waals surface area (Å²) in [6.07, 6.45) is 0.485. The summed E-state index contributed by atoms with van der Waals surface area (Å²) in [5.74, 6) is -0.773. The average molecular weight is 303 g/mol. The molecule has 0 spiro atoms. The van der Waals surface area contributed by atoms with E-state index in [1.807, 2.05) is 6.92 Å². The first-order chi connectivity index (χ1) is 7.95. The van der Waals surface area contributed by atoms with Crippen molar-refractivity contribution >= 4 is 21.9 Å². The van der Waals surface area contributed by atoms with Crippen LogP contribution >= 0.6 is 15.9 Å². The van der Waals surface area contributed by atoms with Gasteiger partial charge in [-0.25, -0.2) is 4.39 Å². The minimum Gasteiger partial charge on any atom is -0.465 e. The lowest BCUT2D eigenvalue weighted by Crippen LogP contribution is -2.34. The van der Waals surface area contributed by atoms with Gasteiger partial charge in [0.2, 0.25) is 0 Å². The SMILES string of the molecule is CCOC(=O)C(C)(CC)c1cc(Br)ccc1F. The average Bonchev–Trinajstić information content (AvgIpc) is 2.31. The minimum absolute atomic E-state index is 0.296. The third-order valence-electron chi connectivity index (χ3n) is 2.96. The molecule has 0 aliphatic rings. The second-order valence-electron chi connectivity index (χ2n) is 4.03. The molecule has 0 N–H and O–H groups in total. The molecule has 0 aliphatic carbocycles. The van der Waals surface area contributed by atoms with Crippen LogP contribution in [0, 0.1) is 5.82 Å². The smallest absolute Gasteiger partial charge is 0.316 e. The third kappa shape index (κ3) is 2.86. The van der Waals surface area contributed by atoms with Crippen LogP contribution in [0.2, 0.25) is 0 Å². The van der Waals surface area contributed by atoms with Crippen molar-refractivity contribution < 1.29 is 13.9 Å². The summed E-state index contributed by atoms with van der Waals surface area (Å²) in [4.78, 5) is 12.0. The third-order valence-corrected chi connectivity index (χ3v) is 3.45. The Morgan fingerprint density at radius 2 is 2.12 bits per heavy atom. The van der Waals surface area contributed by atoms with E-state index in [0.717, 1.165) is 4.47 Å². The van der Waals surface area contributed by atoms with E-state index in [0.29, 0.717) is 18.6 Å². The number of rotatable bonds is 4. The van der Waals surface area contributed by atoms with Crippen molar-refractivity contribution in [1.29, 1.82) is 0 Å². The lowest BCUT2D eigenvalue weighted by Gasteiger charge is -2.26. The molecule has 1 unspecified atom stereocenters. The summed E-state index contributed by atoms with van der Waals surface area (Å²) in [5, 5.41) is 0. The summed E-state index contributed by atoms with van der Waals surface area (Å²) >= 11 is 3.29. The van der Waals surface area contributed by atoms with Crippen LogP contribution in [0.25, 0.3) is 0 Å². The molecule has 0 saturated carbocycles. The zero-order valence-corrected chi connectivity index (χ0v) is 11.8. The highest BCUT2D eigenvalue weighted by Crippen LogP contribution is 2.32. The Hall–Kier alpha value is -0.900. The molecule has 0 aromatic heterocycles. The predicted octanol–water partition coefficient (Wildman–Crippen LogP) is 3.82. The maximum Gasteiger partial charge on any atom is 0.316 e. The van der Waals surface area contributed by atoms with E-state index in [2.05, 4.69) is 15.9 Å². The molecule has 0 bridgehead atoms. The summed E-state index contributed by atoms with van der Waals surface area (Å²) < 4.78 is 19.6. The minimum atomic E-state index is -0.941. The van der Waals surface area contributed by atoms with Gasteiger partial charge in [0.05, 0.1) is 12.0 Å². The molecule has 0 saturated heterocycles. The number of esters is 1. The molecule has 0 radical (unpaired) electrons. The van der Waals surface area contributed by atoms with Crippen LogP contribution in [-0.4, -0.2) is 12.6 Å². The van der Waals surface area contributed by atoms with Gasteiger partial charge in [-0.2, -0.15) is 0 Å². The molecule has 17 heavy (non-hydrogen) atoms. The normalized spacial score (nSPS) is 14.2. The standard InChI is InChI=1S/C13H16BrFO2/c1-4-13(3,12(16)17-5-2)10-8-9(14)6-7-11(10)15/h6-8H,4-5H2,1-3H3. The molecule has 1 rings (SSSR count). The van der Waals surface area contributed by atoms with Crippen LogP contribution in [0.1, 0.15) is 32.8 Å². The fourth-order valence-corrected chi connectivity index (χ4v) is 2.02. The number of hydrogen-bond acceptors (Lipinski definition) is 2. The molecule has 0 aliphatic heterocycles. The fraction of sp³-hybridized carbons (Fsp3) is 0.462. The number of carbonyl (C=O) groups is 1. The van der Waals surface area contributed by atoms with Crippen LogP contribution in [0.3, 0.4) is 0 Å². The second-order valence-corrected chi connectivity index (χ2v) is 4.95. The molecule has 2 nitrogen and oxygen atoms in total. The van der Waals surface area contributed by atoms with Crippen molar-refractivity contribution in [2.45, 2.75) is 32.6 Å². The summed E-state index contributed by atoms with van der Waals surface area (Å²) in [5.41, 5.74) is -0.572. The number of benzene rings is 1. The Labute approximate surface area is 109 Å². The van der Waals surface area contributed by atoms with Gasteiger partial charge in [-0.15, -0.1) is 0 Å². The van der Waals surface area contributed by atoms with Gasteiger partial charge < -0.3 is 4.74 Å². The molecular weight excluding hydrogens is 287 g/mol. The van der Waals surface area contributed by atoms with E-state index in [-0.39, 0.29) is 11.8 Å². The van der Waals surface area contributed by atoms with Crippen molar-refractivity contribution in [3.63, 3.8) is 0 Å². The number of halogens is 2. The van der Waals surface area contributed by atoms with Crippen molar-refractivity contribution in [1.82, 2.24) is 0 Å². The molecule has 0 heterocycles. The Bertz CT molecular complexity index is 420. The van der Waals surface area contributed by atoms with Crippen molar-refractivity contribution in [3.05, 3.63) is 34.1 Å². The first kappa shape index (κ1) is 14.2. The molecule has 1 atom stereocenters. The van der Waals surface area contributed by atoms with Gasteiger partial charge in [-0.3, -0.25) is 4.79 Å². The highest BCUT2D eigenvalue weighted by atomic mass is 79.9. The van der Waals surface area contributed by atoms with E-state index < -0.39 is 5.41 Å². The Balaban J connectivity index is 3.24. The lowest BCUT2D eigenvalue weighted by atomic mass is 9.80. The topological polar surface area (TPSA) is 26.3 Å². The van der Waals surface area contributed by atoms with Crippen LogP contribution in [0.15, 0.2) is 22.7 Å². The van der Waals surface area contributed by atoms with Crippen molar-refractivity contribution in [2.75, 3.05) is 6.61 Å². The van der Waals surface area contributed by atoms with Gasteiger partial charge in [0.25, 0.3) is 0 Å². The number of hydrogen-bond donors (Lipinski definition) is 0. The monoisotopic (exact) mass is 302 g/mol. The zero-order chi connectivity index (χ0) is 13.1. The second kappa shape index (κ2) is 5.63. The highest BCUT2D eigenvalue weighted by Gasteiger charge is 2.37. The van der Waals surface area contributed by atoms with Gasteiger partial charge in [0.1, 0.15) is 5.82 Å². The highest BCUT2D eigenvalue weighted by molar-refractivity contribution is 9.10. The van der Waals surface area contributed by atoms with Crippen LogP contribution in [0.4, 0.5) is 4.39 Å². The fourth-order valence-electron chi connectivity index (χ4n) is 1.66. The quantitative estimate of drug-likeness (QED) is 0.790. The van der Waals surface area contributed by atoms with Crippen molar-refractivity contribution in [2.24, 2.45) is 0 Å². The molecule has 0 fully saturated rings. The predicted molar refractivity (Wildman–Crippen MR) is 68.4 cm³/mol. The van der Waals surface area contributed by atoms with Gasteiger partial charge in [0, 0.05) is 10.0 Å². The molecule has 4 heteroatoms. The maximum atomic E-state index is 13.8. The molecule has 1 aromatic carbocycles. The summed E-state index contributed by atoms with van der Waals surface area (Å²) in [7, 11) is 0. The summed E-state index contributed by atoms with van der Waals surface area (Å²) in [6, 6.07) is 4.60. The van der Waals surface area contributed by atoms with Gasteiger partial charge in [0.15, 0.2) is 0 Å². The zero-order valence-electron chi connectivity index (χ0n) is 10.2. The van der Waals surface area contributed by atoms with Crippen LogP contribution in [-0.2, 0) is 14.9 Å². The van der Waals surface area contributed by atoms with Gasteiger partial charge in [-0.1, -0.05) is 22.9 Å². The molecule has 0 amide bonds. The molecule has 1 aromatic rings. The first-order valence-electron chi connectivity index (χ1n) is 5.58. The van der Waals surface area contributed by atoms with E-state index in [1.165, 1.54) is 6.07 Å². The Kier molecular flexibility index (Phi) is 4.69. The summed E-state index contributed by atoms with van der Waals surface area (Å²) in [6.45, 7) is 5.59. The van der Waals surface area contributed by atoms with E-state index in [9.17, 15) is 9.18 Å². The van der Waals surface area contributed by atoms with E-state index in [4.69, 9.17) is 4.74 Å². The van der Waals surface area contributed by atoms with Gasteiger partial charge in [-0.05, 0) is 38.5 Å². The van der Waals surface area contributed by atoms with E-state index in [1.54, 1.807) is 26.0 Å². The van der Waals surface area contributed by atoms with Gasteiger partial charge >= 0.3 is 5.97 Å². The largest absolute Gasteiger partial charge is 0.465 e. The van der Waals surface area contributed by atoms with Crippen LogP contribution in [0.5, 0.6) is 0 Å². The lowest BCUT2D eigenvalue weighted by molar-refractivity contribution is -0.149. The van der Waals surface area contributed by atoms with E-state index >= 15 is 0 Å². The first-order valence-corrected chi connectivity index (χ1v) is 6.37. The van der Waals surface area contributed by atoms with Crippen molar-refractivity contribution in [3.8, 4) is 0 Å². The number of ether oxygens (including phenoxy) is 1. The van der Waals surface area contributed by atoms with Crippen LogP contribution < -0.4 is 0 Å². The molecular formula is C13H16BrFO2. The Morgan fingerprint density at radius 1 is 1.47 bits per heavy atom. The maximum absolute atomic E-state index is 13.8.